The Labute approximate surface area is 208 Å². The van der Waals surface area contributed by atoms with Crippen LogP contribution in [0.15, 0.2) is 48.5 Å². The van der Waals surface area contributed by atoms with Gasteiger partial charge < -0.3 is 4.90 Å². The summed E-state index contributed by atoms with van der Waals surface area (Å²) in [6, 6.07) is 14.2. The molecule has 2 aromatic carbocycles. The van der Waals surface area contributed by atoms with E-state index in [-0.39, 0.29) is 19.0 Å². The number of halogens is 1. The molecular weight excluding hydrogens is 464 g/mol. The Kier molecular flexibility index (Phi) is 5.07. The summed E-state index contributed by atoms with van der Waals surface area (Å²) in [5.74, 6) is -0.139. The van der Waals surface area contributed by atoms with Gasteiger partial charge in [-0.05, 0) is 61.6 Å². The lowest BCUT2D eigenvalue weighted by molar-refractivity contribution is -0.154. The predicted octanol–water partition coefficient (Wildman–Crippen LogP) is 4.38. The summed E-state index contributed by atoms with van der Waals surface area (Å²) in [5, 5.41) is 3.95. The second kappa shape index (κ2) is 8.05. The third kappa shape index (κ3) is 3.32. The normalized spacial score (nSPS) is 23.9. The summed E-state index contributed by atoms with van der Waals surface area (Å²) in [5.41, 5.74) is 2.12. The fourth-order valence-corrected chi connectivity index (χ4v) is 6.12. The molecule has 2 saturated heterocycles. The number of nitrogens with zero attached hydrogens (tertiary/aromatic N) is 3. The monoisotopic (exact) mass is 488 g/mol. The zero-order valence-corrected chi connectivity index (χ0v) is 20.1. The molecule has 3 aromatic rings. The van der Waals surface area contributed by atoms with Crippen molar-refractivity contribution < 1.29 is 14.4 Å². The van der Waals surface area contributed by atoms with Gasteiger partial charge in [0.2, 0.25) is 11.8 Å². The van der Waals surface area contributed by atoms with Crippen molar-refractivity contribution in [2.24, 2.45) is 5.41 Å². The summed E-state index contributed by atoms with van der Waals surface area (Å²) in [6.45, 7) is 2.74. The lowest BCUT2D eigenvalue weighted by atomic mass is 9.66. The summed E-state index contributed by atoms with van der Waals surface area (Å²) in [6.07, 6.45) is 2.75. The fourth-order valence-electron chi connectivity index (χ4n) is 5.92. The van der Waals surface area contributed by atoms with E-state index in [1.54, 1.807) is 18.2 Å². The van der Waals surface area contributed by atoms with Gasteiger partial charge >= 0.3 is 6.03 Å². The SMILES string of the molecule is Cc1ccc2nc3c(cc2c1)C[C@]1(C(=O)NC(=O)N(Cc2ccccc2Cl)C1=O)[C@H]1CCCCN31. The number of fused-ring (bicyclic) bond motifs is 5. The molecule has 1 N–H and O–H groups in total. The lowest BCUT2D eigenvalue weighted by Gasteiger charge is -2.53. The highest BCUT2D eigenvalue weighted by atomic mass is 35.5. The van der Waals surface area contributed by atoms with Crippen LogP contribution in [0.5, 0.6) is 0 Å². The number of aromatic nitrogens is 1. The van der Waals surface area contributed by atoms with Gasteiger partial charge in [0.1, 0.15) is 5.82 Å². The second-order valence-electron chi connectivity index (χ2n) is 9.76. The number of nitrogens with one attached hydrogen (secondary N) is 1. The lowest BCUT2D eigenvalue weighted by Crippen LogP contribution is -2.72. The number of carbonyl (C=O) groups is 3. The minimum Gasteiger partial charge on any atom is -0.352 e. The van der Waals surface area contributed by atoms with Crippen molar-refractivity contribution in [2.45, 2.75) is 45.2 Å². The number of piperidine rings is 1. The maximum Gasteiger partial charge on any atom is 0.331 e. The number of hydrogen-bond donors (Lipinski definition) is 1. The first-order valence-electron chi connectivity index (χ1n) is 12.0. The van der Waals surface area contributed by atoms with Gasteiger partial charge in [-0.1, -0.05) is 41.4 Å². The number of urea groups is 1. The average Bonchev–Trinajstić information content (AvgIpc) is 2.85. The minimum absolute atomic E-state index is 0.00805. The average molecular weight is 489 g/mol. The third-order valence-electron chi connectivity index (χ3n) is 7.62. The van der Waals surface area contributed by atoms with Gasteiger partial charge in [-0.25, -0.2) is 9.78 Å². The van der Waals surface area contributed by atoms with E-state index in [2.05, 4.69) is 16.3 Å². The molecular formula is C27H25ClN4O3. The molecule has 1 spiro atoms. The first-order chi connectivity index (χ1) is 16.9. The summed E-state index contributed by atoms with van der Waals surface area (Å²) < 4.78 is 0. The number of aryl methyl sites for hydroxylation is 1. The molecule has 2 atom stereocenters. The van der Waals surface area contributed by atoms with Crippen LogP contribution >= 0.6 is 11.6 Å². The van der Waals surface area contributed by atoms with Gasteiger partial charge in [0, 0.05) is 23.4 Å². The van der Waals surface area contributed by atoms with Gasteiger partial charge in [0.05, 0.1) is 18.1 Å². The van der Waals surface area contributed by atoms with E-state index in [1.165, 1.54) is 0 Å². The Hall–Kier alpha value is -3.45. The van der Waals surface area contributed by atoms with E-state index in [0.717, 1.165) is 45.6 Å². The number of barbiturate groups is 1. The van der Waals surface area contributed by atoms with Crippen LogP contribution in [0.25, 0.3) is 10.9 Å². The number of rotatable bonds is 2. The van der Waals surface area contributed by atoms with Crippen molar-refractivity contribution >= 4 is 46.2 Å². The van der Waals surface area contributed by atoms with Crippen molar-refractivity contribution in [1.82, 2.24) is 15.2 Å². The number of imide groups is 2. The maximum absolute atomic E-state index is 14.2. The number of anilines is 1. The van der Waals surface area contributed by atoms with Gasteiger partial charge in [-0.2, -0.15) is 0 Å². The van der Waals surface area contributed by atoms with Gasteiger partial charge in [-0.3, -0.25) is 19.8 Å². The first kappa shape index (κ1) is 22.0. The molecule has 3 aliphatic heterocycles. The molecule has 178 valence electrons. The van der Waals surface area contributed by atoms with Crippen LogP contribution in [-0.4, -0.2) is 40.3 Å². The summed E-state index contributed by atoms with van der Waals surface area (Å²) in [4.78, 5) is 48.9. The molecule has 35 heavy (non-hydrogen) atoms. The molecule has 0 saturated carbocycles. The minimum atomic E-state index is -1.40. The zero-order chi connectivity index (χ0) is 24.3. The Morgan fingerprint density at radius 2 is 1.94 bits per heavy atom. The van der Waals surface area contributed by atoms with Crippen molar-refractivity contribution in [1.29, 1.82) is 0 Å². The molecule has 6 rings (SSSR count). The van der Waals surface area contributed by atoms with E-state index in [4.69, 9.17) is 16.6 Å². The molecule has 3 aliphatic rings. The van der Waals surface area contributed by atoms with Gasteiger partial charge in [0.25, 0.3) is 0 Å². The Balaban J connectivity index is 1.48. The van der Waals surface area contributed by atoms with Crippen LogP contribution in [0.1, 0.15) is 36.0 Å². The van der Waals surface area contributed by atoms with Crippen LogP contribution in [0.4, 0.5) is 10.6 Å². The highest BCUT2D eigenvalue weighted by Crippen LogP contribution is 2.47. The van der Waals surface area contributed by atoms with Crippen molar-refractivity contribution in [2.75, 3.05) is 11.4 Å². The van der Waals surface area contributed by atoms with E-state index in [9.17, 15) is 14.4 Å². The van der Waals surface area contributed by atoms with Crippen LogP contribution in [-0.2, 0) is 22.6 Å². The standard InChI is InChI=1S/C27H25ClN4O3/c1-16-9-10-21-18(12-16)13-19-14-27(22-8-4-5-11-31(22)23(19)29-21)24(33)30-26(35)32(25(27)34)15-17-6-2-3-7-20(17)28/h2-3,6-7,9-10,12-13,22H,4-5,8,11,14-15H2,1H3,(H,30,33,35)/t22-,27-/m1/s1. The molecule has 7 nitrogen and oxygen atoms in total. The Morgan fingerprint density at radius 1 is 1.11 bits per heavy atom. The molecule has 0 aliphatic carbocycles. The predicted molar refractivity (Wildman–Crippen MR) is 133 cm³/mol. The highest BCUT2D eigenvalue weighted by Gasteiger charge is 2.62. The number of pyridine rings is 1. The molecule has 4 amide bonds. The van der Waals surface area contributed by atoms with Crippen molar-refractivity contribution in [3.8, 4) is 0 Å². The van der Waals surface area contributed by atoms with E-state index < -0.39 is 23.3 Å². The quantitative estimate of drug-likeness (QED) is 0.541. The highest BCUT2D eigenvalue weighted by molar-refractivity contribution is 6.31. The van der Waals surface area contributed by atoms with E-state index in [1.807, 2.05) is 31.2 Å². The second-order valence-corrected chi connectivity index (χ2v) is 10.2. The Morgan fingerprint density at radius 3 is 2.77 bits per heavy atom. The third-order valence-corrected chi connectivity index (χ3v) is 7.99. The summed E-state index contributed by atoms with van der Waals surface area (Å²) >= 11 is 6.34. The molecule has 0 bridgehead atoms. The van der Waals surface area contributed by atoms with Gasteiger partial charge in [-0.15, -0.1) is 0 Å². The molecule has 2 fully saturated rings. The van der Waals surface area contributed by atoms with Crippen molar-refractivity contribution in [3.05, 3.63) is 70.2 Å². The van der Waals surface area contributed by atoms with Crippen LogP contribution in [0.2, 0.25) is 5.02 Å². The molecule has 8 heteroatoms. The molecule has 0 unspecified atom stereocenters. The smallest absolute Gasteiger partial charge is 0.331 e. The van der Waals surface area contributed by atoms with E-state index >= 15 is 0 Å². The number of carbonyl (C=O) groups excluding carboxylic acids is 3. The zero-order valence-electron chi connectivity index (χ0n) is 19.4. The number of hydrogen-bond acceptors (Lipinski definition) is 5. The van der Waals surface area contributed by atoms with Gasteiger partial charge in [0.15, 0.2) is 5.41 Å². The summed E-state index contributed by atoms with van der Waals surface area (Å²) in [7, 11) is 0. The van der Waals surface area contributed by atoms with Crippen molar-refractivity contribution in [3.63, 3.8) is 0 Å². The number of amides is 4. The fraction of sp³-hybridized carbons (Fsp3) is 0.333. The molecule has 0 radical (unpaired) electrons. The molecule has 4 heterocycles. The van der Waals surface area contributed by atoms with Crippen LogP contribution in [0.3, 0.4) is 0 Å². The Bertz CT molecular complexity index is 1410. The first-order valence-corrected chi connectivity index (χ1v) is 12.3. The van der Waals surface area contributed by atoms with E-state index in [0.29, 0.717) is 23.6 Å². The van der Waals surface area contributed by atoms with Crippen LogP contribution in [0, 0.1) is 12.3 Å². The number of benzene rings is 2. The largest absolute Gasteiger partial charge is 0.352 e. The van der Waals surface area contributed by atoms with Crippen LogP contribution < -0.4 is 10.2 Å². The molecule has 1 aromatic heterocycles. The topological polar surface area (TPSA) is 82.6 Å². The maximum atomic E-state index is 14.2.